The summed E-state index contributed by atoms with van der Waals surface area (Å²) in [5, 5.41) is 0. The van der Waals surface area contributed by atoms with Gasteiger partial charge in [-0.1, -0.05) is 0 Å². The monoisotopic (exact) mass is 404 g/mol. The summed E-state index contributed by atoms with van der Waals surface area (Å²) in [6, 6.07) is 29.9. The molecule has 0 unspecified atom stereocenters. The molecule has 26 heavy (non-hydrogen) atoms. The van der Waals surface area contributed by atoms with Gasteiger partial charge in [-0.15, -0.1) is 0 Å². The zero-order chi connectivity index (χ0) is 17.8. The number of methoxy groups -OCH3 is 1. The molecule has 128 valence electrons. The van der Waals surface area contributed by atoms with Gasteiger partial charge in [-0.05, 0) is 0 Å². The quantitative estimate of drug-likeness (QED) is 0.517. The molecule has 0 aliphatic carbocycles. The summed E-state index contributed by atoms with van der Waals surface area (Å²) in [5.41, 5.74) is 3.95. The third kappa shape index (κ3) is 3.67. The van der Waals surface area contributed by atoms with Crippen molar-refractivity contribution in [2.45, 2.75) is 5.92 Å². The number of rotatable bonds is 4. The van der Waals surface area contributed by atoms with E-state index in [2.05, 4.69) is 84.9 Å². The fourth-order valence-electron chi connectivity index (χ4n) is 3.09. The topological polar surface area (TPSA) is 9.23 Å². The van der Waals surface area contributed by atoms with E-state index in [9.17, 15) is 0 Å². The van der Waals surface area contributed by atoms with Gasteiger partial charge in [-0.3, -0.25) is 0 Å². The zero-order valence-corrected chi connectivity index (χ0v) is 16.3. The predicted octanol–water partition coefficient (Wildman–Crippen LogP) is 5.58. The molecular weight excluding hydrogens is 383 g/mol. The Bertz CT molecular complexity index is 869. The Morgan fingerprint density at radius 1 is 0.654 bits per heavy atom. The van der Waals surface area contributed by atoms with Crippen LogP contribution in [-0.2, 0) is 0 Å². The van der Waals surface area contributed by atoms with Crippen LogP contribution in [0.15, 0.2) is 97.1 Å². The first-order valence-corrected chi connectivity index (χ1v) is 10.4. The molecule has 0 radical (unpaired) electrons. The van der Waals surface area contributed by atoms with Crippen molar-refractivity contribution < 1.29 is 4.74 Å². The zero-order valence-electron chi connectivity index (χ0n) is 14.6. The van der Waals surface area contributed by atoms with Gasteiger partial charge in [-0.2, -0.15) is 0 Å². The Balaban J connectivity index is 1.75. The number of hydrogen-bond donors (Lipinski definition) is 0. The van der Waals surface area contributed by atoms with Crippen molar-refractivity contribution in [3.8, 4) is 5.75 Å². The van der Waals surface area contributed by atoms with Gasteiger partial charge in [-0.25, -0.2) is 0 Å². The van der Waals surface area contributed by atoms with E-state index in [1.807, 2.05) is 12.1 Å². The van der Waals surface area contributed by atoms with E-state index < -0.39 is 0 Å². The third-order valence-corrected chi connectivity index (χ3v) is 6.98. The van der Waals surface area contributed by atoms with Crippen molar-refractivity contribution >= 4 is 23.9 Å². The molecule has 0 fully saturated rings. The molecule has 0 saturated carbocycles. The average Bonchev–Trinajstić information content (AvgIpc) is 2.75. The second-order valence-corrected chi connectivity index (χ2v) is 8.47. The molecule has 2 heteroatoms. The van der Waals surface area contributed by atoms with E-state index in [1.54, 1.807) is 7.11 Å². The van der Waals surface area contributed by atoms with Gasteiger partial charge in [0.1, 0.15) is 0 Å². The Hall–Kier alpha value is -2.54. The van der Waals surface area contributed by atoms with Crippen molar-refractivity contribution in [1.29, 1.82) is 0 Å². The molecule has 4 rings (SSSR count). The fraction of sp³-hybridized carbons (Fsp3) is 0.0833. The number of hydrogen-bond acceptors (Lipinski definition) is 1. The van der Waals surface area contributed by atoms with E-state index >= 15 is 0 Å². The molecule has 0 spiro atoms. The van der Waals surface area contributed by atoms with Crippen molar-refractivity contribution in [2.24, 2.45) is 0 Å². The van der Waals surface area contributed by atoms with Crippen LogP contribution < -0.4 is 4.74 Å². The van der Waals surface area contributed by atoms with Crippen molar-refractivity contribution in [3.05, 3.63) is 114 Å². The molecule has 1 nitrogen and oxygen atoms in total. The van der Waals surface area contributed by atoms with Crippen LogP contribution in [0.3, 0.4) is 0 Å². The summed E-state index contributed by atoms with van der Waals surface area (Å²) in [6.45, 7) is 0. The first-order valence-electron chi connectivity index (χ1n) is 8.70. The average molecular weight is 403 g/mol. The molecule has 0 bridgehead atoms. The number of allylic oxidation sites excluding steroid dienone is 2. The maximum absolute atomic E-state index is 5.31. The molecule has 0 atom stereocenters. The molecule has 0 saturated heterocycles. The Kier molecular flexibility index (Phi) is 5.06. The van der Waals surface area contributed by atoms with E-state index in [1.165, 1.54) is 25.6 Å². The molecule has 1 heterocycles. The van der Waals surface area contributed by atoms with Crippen molar-refractivity contribution in [1.82, 2.24) is 0 Å². The number of benzene rings is 3. The fourth-order valence-corrected chi connectivity index (χ4v) is 5.56. The molecule has 0 amide bonds. The molecule has 0 N–H and O–H groups in total. The van der Waals surface area contributed by atoms with Gasteiger partial charge < -0.3 is 0 Å². The Labute approximate surface area is 161 Å². The van der Waals surface area contributed by atoms with Crippen molar-refractivity contribution in [2.75, 3.05) is 7.11 Å². The minimum absolute atomic E-state index is 0.280. The first-order chi connectivity index (χ1) is 12.8. The second kappa shape index (κ2) is 7.78. The summed E-state index contributed by atoms with van der Waals surface area (Å²) < 4.78 is 8.20. The summed E-state index contributed by atoms with van der Waals surface area (Å²) in [4.78, 5) is 0. The van der Waals surface area contributed by atoms with Crippen LogP contribution in [0, 0.1) is 0 Å². The SMILES string of the molecule is COc1ccc(C2C=C(c3ccccc3)[Se]C(c3ccccc3)=C2)cc1. The van der Waals surface area contributed by atoms with Gasteiger partial charge in [0.2, 0.25) is 0 Å². The van der Waals surface area contributed by atoms with Gasteiger partial charge in [0.25, 0.3) is 0 Å². The minimum atomic E-state index is 0.280. The van der Waals surface area contributed by atoms with Crippen LogP contribution in [-0.4, -0.2) is 22.1 Å². The Morgan fingerprint density at radius 3 is 1.62 bits per heavy atom. The first kappa shape index (κ1) is 16.9. The van der Waals surface area contributed by atoms with Gasteiger partial charge in [0.15, 0.2) is 0 Å². The van der Waals surface area contributed by atoms with Crippen LogP contribution in [0.5, 0.6) is 5.75 Å². The van der Waals surface area contributed by atoms with Crippen LogP contribution in [0.25, 0.3) is 8.94 Å². The van der Waals surface area contributed by atoms with E-state index in [0.29, 0.717) is 15.0 Å². The summed E-state index contributed by atoms with van der Waals surface area (Å²) in [6.07, 6.45) is 4.84. The molecular formula is C24H20OSe. The molecule has 1 aliphatic heterocycles. The summed E-state index contributed by atoms with van der Waals surface area (Å²) in [7, 11) is 1.71. The summed E-state index contributed by atoms with van der Waals surface area (Å²) in [5.74, 6) is 1.18. The molecule has 1 aliphatic rings. The predicted molar refractivity (Wildman–Crippen MR) is 110 cm³/mol. The Morgan fingerprint density at radius 2 is 1.15 bits per heavy atom. The normalized spacial score (nSPS) is 14.5. The van der Waals surface area contributed by atoms with Gasteiger partial charge in [0.05, 0.1) is 0 Å². The van der Waals surface area contributed by atoms with Crippen molar-refractivity contribution in [3.63, 3.8) is 0 Å². The van der Waals surface area contributed by atoms with E-state index in [-0.39, 0.29) is 5.92 Å². The van der Waals surface area contributed by atoms with Gasteiger partial charge >= 0.3 is 161 Å². The van der Waals surface area contributed by atoms with E-state index in [4.69, 9.17) is 4.74 Å². The standard InChI is InChI=1S/C24H20OSe/c1-25-22-14-12-18(13-15-22)21-16-23(19-8-4-2-5-9-19)26-24(17-21)20-10-6-3-7-11-20/h2-17,21H,1H3. The number of ether oxygens (including phenoxy) is 1. The maximum atomic E-state index is 5.31. The third-order valence-electron chi connectivity index (χ3n) is 4.50. The summed E-state index contributed by atoms with van der Waals surface area (Å²) >= 11 is 0.297. The van der Waals surface area contributed by atoms with Crippen LogP contribution in [0.1, 0.15) is 22.6 Å². The van der Waals surface area contributed by atoms with Gasteiger partial charge in [0, 0.05) is 0 Å². The molecule has 0 aromatic heterocycles. The molecule has 3 aromatic rings. The van der Waals surface area contributed by atoms with Crippen LogP contribution in [0.2, 0.25) is 0 Å². The van der Waals surface area contributed by atoms with Crippen LogP contribution >= 0.6 is 0 Å². The molecule has 3 aromatic carbocycles. The second-order valence-electron chi connectivity index (χ2n) is 6.19. The van der Waals surface area contributed by atoms with E-state index in [0.717, 1.165) is 5.75 Å². The van der Waals surface area contributed by atoms with Crippen LogP contribution in [0.4, 0.5) is 0 Å².